The number of carboxylic acids is 1. The third-order valence-electron chi connectivity index (χ3n) is 2.75. The Labute approximate surface area is 123 Å². The summed E-state index contributed by atoms with van der Waals surface area (Å²) in [6, 6.07) is 6.59. The molecule has 0 aliphatic rings. The molecule has 0 spiro atoms. The average Bonchev–Trinajstić information content (AvgIpc) is 2.45. The number of carboxylic acid groups (broad SMARTS) is 1. The van der Waals surface area contributed by atoms with Crippen LogP contribution < -0.4 is 10.2 Å². The maximum Gasteiger partial charge on any atom is 0.335 e. The van der Waals surface area contributed by atoms with Crippen molar-refractivity contribution in [2.24, 2.45) is 4.99 Å². The molecule has 0 bridgehead atoms. The van der Waals surface area contributed by atoms with E-state index in [0.717, 1.165) is 36.5 Å². The van der Waals surface area contributed by atoms with E-state index in [-0.39, 0.29) is 22.5 Å². The Morgan fingerprint density at radius 3 is 2.45 bits per heavy atom. The molecule has 0 aliphatic carbocycles. The van der Waals surface area contributed by atoms with Gasteiger partial charge >= 0.3 is 5.97 Å². The predicted octanol–water partition coefficient (Wildman–Crippen LogP) is 1.19. The van der Waals surface area contributed by atoms with Crippen LogP contribution >= 0.6 is 0 Å². The van der Waals surface area contributed by atoms with Crippen molar-refractivity contribution in [1.29, 1.82) is 0 Å². The summed E-state index contributed by atoms with van der Waals surface area (Å²) in [6.07, 6.45) is 1.09. The van der Waals surface area contributed by atoms with Crippen molar-refractivity contribution < 1.29 is 25.0 Å². The zero-order valence-electron chi connectivity index (χ0n) is 10.9. The number of non-ortho nitro benzene ring substituents is 1. The molecule has 2 aromatic rings. The van der Waals surface area contributed by atoms with E-state index >= 15 is 0 Å². The molecule has 0 saturated carbocycles. The van der Waals surface area contributed by atoms with E-state index in [1.807, 2.05) is 0 Å². The smallest absolute Gasteiger partial charge is 0.335 e. The molecule has 0 fully saturated rings. The molecule has 0 radical (unpaired) electrons. The number of hydrogen-bond donors (Lipinski definition) is 1. The topological polar surface area (TPSA) is 139 Å². The fourth-order valence-corrected chi connectivity index (χ4v) is 1.66. The van der Waals surface area contributed by atoms with Crippen molar-refractivity contribution in [3.8, 4) is 11.5 Å². The summed E-state index contributed by atoms with van der Waals surface area (Å²) < 4.78 is 0. The summed E-state index contributed by atoms with van der Waals surface area (Å²) in [6.45, 7) is 0. The monoisotopic (exact) mass is 300 g/mol. The molecule has 0 heterocycles. The first kappa shape index (κ1) is 15.0. The fourth-order valence-electron chi connectivity index (χ4n) is 1.66. The van der Waals surface area contributed by atoms with Crippen LogP contribution in [0.1, 0.15) is 15.9 Å². The first-order chi connectivity index (χ1) is 10.4. The van der Waals surface area contributed by atoms with Crippen molar-refractivity contribution in [2.75, 3.05) is 0 Å². The lowest BCUT2D eigenvalue weighted by atomic mass is 10.1. The highest BCUT2D eigenvalue weighted by Crippen LogP contribution is 2.23. The Hall–Kier alpha value is -3.42. The summed E-state index contributed by atoms with van der Waals surface area (Å²) >= 11 is 0. The summed E-state index contributed by atoms with van der Waals surface area (Å²) in [5.74, 6) is -2.52. The maximum absolute atomic E-state index is 11.6. The third-order valence-corrected chi connectivity index (χ3v) is 2.75. The molecule has 0 saturated heterocycles. The van der Waals surface area contributed by atoms with Gasteiger partial charge < -0.3 is 15.3 Å². The van der Waals surface area contributed by atoms with Gasteiger partial charge in [-0.05, 0) is 23.8 Å². The number of nitrogens with zero attached hydrogens (tertiary/aromatic N) is 2. The summed E-state index contributed by atoms with van der Waals surface area (Å²) in [4.78, 5) is 24.6. The quantitative estimate of drug-likeness (QED) is 0.511. The van der Waals surface area contributed by atoms with Gasteiger partial charge in [0.2, 0.25) is 0 Å². The van der Waals surface area contributed by atoms with Crippen LogP contribution in [0.25, 0.3) is 0 Å². The maximum atomic E-state index is 11.6. The van der Waals surface area contributed by atoms with E-state index in [2.05, 4.69) is 4.99 Å². The Kier molecular flexibility index (Phi) is 4.03. The van der Waals surface area contributed by atoms with Crippen molar-refractivity contribution in [3.05, 3.63) is 57.6 Å². The molecular weight excluding hydrogens is 292 g/mol. The molecule has 2 aromatic carbocycles. The van der Waals surface area contributed by atoms with Gasteiger partial charge in [-0.2, -0.15) is 0 Å². The van der Waals surface area contributed by atoms with Gasteiger partial charge in [-0.25, -0.2) is 4.79 Å². The van der Waals surface area contributed by atoms with Crippen molar-refractivity contribution >= 4 is 23.6 Å². The van der Waals surface area contributed by atoms with Gasteiger partial charge in [0.15, 0.2) is 0 Å². The predicted molar refractivity (Wildman–Crippen MR) is 72.6 cm³/mol. The van der Waals surface area contributed by atoms with E-state index in [1.54, 1.807) is 0 Å². The number of nitro groups is 1. The standard InChI is InChI=1S/C14H10N2O6/c17-12-4-2-10(16(21)22)5-8(12)7-15-9-1-3-11(14(19)20)13(18)6-9/h1-7,17-18H,(H,19,20)/p-2. The van der Waals surface area contributed by atoms with Crippen LogP contribution in [-0.4, -0.2) is 22.2 Å². The van der Waals surface area contributed by atoms with Gasteiger partial charge in [0.25, 0.3) is 5.69 Å². The lowest BCUT2D eigenvalue weighted by Gasteiger charge is -2.11. The minimum atomic E-state index is -1.35. The molecule has 0 unspecified atom stereocenters. The molecule has 2 rings (SSSR count). The molecule has 8 heteroatoms. The number of hydrogen-bond acceptors (Lipinski definition) is 6. The first-order valence-electron chi connectivity index (χ1n) is 5.92. The number of nitro benzene ring substituents is 1. The second-order valence-electron chi connectivity index (χ2n) is 4.22. The van der Waals surface area contributed by atoms with Crippen molar-refractivity contribution in [2.45, 2.75) is 0 Å². The van der Waals surface area contributed by atoms with Crippen LogP contribution in [0.3, 0.4) is 0 Å². The highest BCUT2D eigenvalue weighted by molar-refractivity contribution is 5.91. The van der Waals surface area contributed by atoms with Gasteiger partial charge in [0.05, 0.1) is 16.2 Å². The second-order valence-corrected chi connectivity index (χ2v) is 4.22. The second kappa shape index (κ2) is 5.92. The van der Waals surface area contributed by atoms with Gasteiger partial charge in [0.1, 0.15) is 0 Å². The number of aromatic carboxylic acids is 1. The van der Waals surface area contributed by atoms with Crippen LogP contribution in [0.5, 0.6) is 11.5 Å². The van der Waals surface area contributed by atoms with Crippen LogP contribution in [0.15, 0.2) is 41.4 Å². The highest BCUT2D eigenvalue weighted by atomic mass is 16.6. The SMILES string of the molecule is O=C(O)c1ccc(N=Cc2cc([N+](=O)[O-])ccc2[O-])cc1[O-]. The summed E-state index contributed by atoms with van der Waals surface area (Å²) in [5, 5.41) is 42.5. The lowest BCUT2D eigenvalue weighted by molar-refractivity contribution is -0.385. The van der Waals surface area contributed by atoms with Crippen molar-refractivity contribution in [1.82, 2.24) is 0 Å². The number of aliphatic imine (C=N–C) groups is 1. The van der Waals surface area contributed by atoms with E-state index in [0.29, 0.717) is 0 Å². The molecule has 1 N–H and O–H groups in total. The third kappa shape index (κ3) is 3.18. The lowest BCUT2D eigenvalue weighted by Crippen LogP contribution is -2.03. The first-order valence-corrected chi connectivity index (χ1v) is 5.92. The Bertz CT molecular complexity index is 785. The molecule has 0 amide bonds. The van der Waals surface area contributed by atoms with Crippen LogP contribution in [0.2, 0.25) is 0 Å². The van der Waals surface area contributed by atoms with Gasteiger partial charge in [-0.1, -0.05) is 17.6 Å². The molecule has 0 atom stereocenters. The summed E-state index contributed by atoms with van der Waals surface area (Å²) in [7, 11) is 0. The van der Waals surface area contributed by atoms with E-state index in [4.69, 9.17) is 5.11 Å². The zero-order chi connectivity index (χ0) is 16.3. The van der Waals surface area contributed by atoms with Gasteiger partial charge in [-0.3, -0.25) is 15.1 Å². The zero-order valence-corrected chi connectivity index (χ0v) is 10.9. The van der Waals surface area contributed by atoms with E-state index < -0.39 is 22.4 Å². The Morgan fingerprint density at radius 2 is 1.86 bits per heavy atom. The van der Waals surface area contributed by atoms with Crippen LogP contribution in [0, 0.1) is 10.1 Å². The van der Waals surface area contributed by atoms with Crippen LogP contribution in [-0.2, 0) is 0 Å². The van der Waals surface area contributed by atoms with Crippen molar-refractivity contribution in [3.63, 3.8) is 0 Å². The van der Waals surface area contributed by atoms with Gasteiger partial charge in [0, 0.05) is 18.3 Å². The molecule has 112 valence electrons. The molecule has 0 aromatic heterocycles. The number of carbonyl (C=O) groups is 1. The van der Waals surface area contributed by atoms with E-state index in [1.165, 1.54) is 6.07 Å². The Balaban J connectivity index is 2.32. The molecular formula is C14H8N2O6-2. The normalized spacial score (nSPS) is 10.7. The van der Waals surface area contributed by atoms with E-state index in [9.17, 15) is 25.1 Å². The van der Waals surface area contributed by atoms with Gasteiger partial charge in [-0.15, -0.1) is 0 Å². The largest absolute Gasteiger partial charge is 0.872 e. The molecule has 8 nitrogen and oxygen atoms in total. The molecule has 0 aliphatic heterocycles. The fraction of sp³-hybridized carbons (Fsp3) is 0. The Morgan fingerprint density at radius 1 is 1.14 bits per heavy atom. The minimum Gasteiger partial charge on any atom is -0.872 e. The minimum absolute atomic E-state index is 0.0102. The summed E-state index contributed by atoms with van der Waals surface area (Å²) in [5.41, 5.74) is -0.518. The van der Waals surface area contributed by atoms with Crippen LogP contribution in [0.4, 0.5) is 11.4 Å². The number of rotatable bonds is 4. The highest BCUT2D eigenvalue weighted by Gasteiger charge is 2.06. The number of benzene rings is 2. The average molecular weight is 300 g/mol. The molecule has 22 heavy (non-hydrogen) atoms.